The third kappa shape index (κ3) is 4.76. The van der Waals surface area contributed by atoms with Crippen LogP contribution in [0.4, 0.5) is 10.1 Å². The second-order valence-electron chi connectivity index (χ2n) is 7.46. The van der Waals surface area contributed by atoms with Crippen LogP contribution in [0.5, 0.6) is 0 Å². The van der Waals surface area contributed by atoms with E-state index in [1.165, 1.54) is 6.07 Å². The van der Waals surface area contributed by atoms with Gasteiger partial charge in [-0.1, -0.05) is 12.1 Å². The SMILES string of the molecule is O=C(NC[C@H](c1ccco1)N1CCN(c2ccccc2F)CC1)C(=O)NC1CC1. The zero-order valence-electron chi connectivity index (χ0n) is 16.1. The van der Waals surface area contributed by atoms with E-state index in [9.17, 15) is 14.0 Å². The predicted molar refractivity (Wildman–Crippen MR) is 106 cm³/mol. The highest BCUT2D eigenvalue weighted by atomic mass is 19.1. The summed E-state index contributed by atoms with van der Waals surface area (Å²) >= 11 is 0. The van der Waals surface area contributed by atoms with Crippen LogP contribution in [0.1, 0.15) is 24.6 Å². The van der Waals surface area contributed by atoms with E-state index >= 15 is 0 Å². The Kier molecular flexibility index (Phi) is 5.80. The molecule has 2 aromatic rings. The van der Waals surface area contributed by atoms with E-state index in [1.807, 2.05) is 17.0 Å². The molecule has 0 bridgehead atoms. The van der Waals surface area contributed by atoms with Crippen LogP contribution in [0.25, 0.3) is 0 Å². The van der Waals surface area contributed by atoms with E-state index in [-0.39, 0.29) is 24.4 Å². The molecule has 1 aromatic heterocycles. The van der Waals surface area contributed by atoms with Crippen molar-refractivity contribution in [3.63, 3.8) is 0 Å². The van der Waals surface area contributed by atoms with Crippen molar-refractivity contribution >= 4 is 17.5 Å². The molecule has 2 aliphatic rings. The van der Waals surface area contributed by atoms with E-state index in [1.54, 1.807) is 24.5 Å². The minimum absolute atomic E-state index is 0.139. The number of carbonyl (C=O) groups excluding carboxylic acids is 2. The average molecular weight is 400 g/mol. The number of benzene rings is 1. The maximum absolute atomic E-state index is 14.1. The van der Waals surface area contributed by atoms with E-state index in [0.717, 1.165) is 18.6 Å². The first-order chi connectivity index (χ1) is 14.1. The van der Waals surface area contributed by atoms with Gasteiger partial charge in [0.2, 0.25) is 0 Å². The van der Waals surface area contributed by atoms with Crippen molar-refractivity contribution in [2.75, 3.05) is 37.6 Å². The quantitative estimate of drug-likeness (QED) is 0.722. The summed E-state index contributed by atoms with van der Waals surface area (Å²) in [5, 5.41) is 5.42. The molecule has 0 radical (unpaired) electrons. The van der Waals surface area contributed by atoms with Gasteiger partial charge in [0.1, 0.15) is 11.6 Å². The maximum atomic E-state index is 14.1. The highest BCUT2D eigenvalue weighted by Gasteiger charge is 2.30. The molecule has 4 rings (SSSR count). The summed E-state index contributed by atoms with van der Waals surface area (Å²) in [5.74, 6) is -0.710. The first-order valence-electron chi connectivity index (χ1n) is 9.97. The second-order valence-corrected chi connectivity index (χ2v) is 7.46. The van der Waals surface area contributed by atoms with Crippen LogP contribution in [0.15, 0.2) is 47.1 Å². The number of nitrogens with one attached hydrogen (secondary N) is 2. The van der Waals surface area contributed by atoms with E-state index in [2.05, 4.69) is 15.5 Å². The molecule has 8 heteroatoms. The minimum atomic E-state index is -0.626. The summed E-state index contributed by atoms with van der Waals surface area (Å²) < 4.78 is 19.7. The Bertz CT molecular complexity index is 845. The fourth-order valence-electron chi connectivity index (χ4n) is 3.62. The van der Waals surface area contributed by atoms with E-state index in [0.29, 0.717) is 31.9 Å². The molecule has 2 N–H and O–H groups in total. The predicted octanol–water partition coefficient (Wildman–Crippen LogP) is 1.68. The number of piperazine rings is 1. The van der Waals surface area contributed by atoms with Crippen molar-refractivity contribution in [3.8, 4) is 0 Å². The third-order valence-corrected chi connectivity index (χ3v) is 5.39. The van der Waals surface area contributed by atoms with Crippen LogP contribution < -0.4 is 15.5 Å². The van der Waals surface area contributed by atoms with Crippen molar-refractivity contribution in [1.82, 2.24) is 15.5 Å². The zero-order chi connectivity index (χ0) is 20.2. The molecular weight excluding hydrogens is 375 g/mol. The Morgan fingerprint density at radius 1 is 1.07 bits per heavy atom. The number of carbonyl (C=O) groups is 2. The highest BCUT2D eigenvalue weighted by molar-refractivity contribution is 6.35. The molecule has 2 fully saturated rings. The minimum Gasteiger partial charge on any atom is -0.468 e. The molecule has 2 amide bonds. The molecule has 1 atom stereocenters. The van der Waals surface area contributed by atoms with Gasteiger partial charge in [-0.3, -0.25) is 14.5 Å². The molecule has 0 spiro atoms. The molecule has 1 aromatic carbocycles. The zero-order valence-corrected chi connectivity index (χ0v) is 16.1. The van der Waals surface area contributed by atoms with Gasteiger partial charge >= 0.3 is 11.8 Å². The largest absolute Gasteiger partial charge is 0.468 e. The molecule has 154 valence electrons. The number of nitrogens with zero attached hydrogens (tertiary/aromatic N) is 2. The van der Waals surface area contributed by atoms with Gasteiger partial charge in [-0.25, -0.2) is 4.39 Å². The Morgan fingerprint density at radius 3 is 2.48 bits per heavy atom. The number of hydrogen-bond acceptors (Lipinski definition) is 5. The van der Waals surface area contributed by atoms with Crippen LogP contribution in [-0.2, 0) is 9.59 Å². The van der Waals surface area contributed by atoms with Crippen molar-refractivity contribution in [2.45, 2.75) is 24.9 Å². The first-order valence-corrected chi connectivity index (χ1v) is 9.97. The van der Waals surface area contributed by atoms with Crippen molar-refractivity contribution < 1.29 is 18.4 Å². The normalized spacial score (nSPS) is 18.3. The lowest BCUT2D eigenvalue weighted by atomic mass is 10.1. The van der Waals surface area contributed by atoms with Crippen LogP contribution in [0.3, 0.4) is 0 Å². The number of furan rings is 1. The molecule has 2 heterocycles. The third-order valence-electron chi connectivity index (χ3n) is 5.39. The first kappa shape index (κ1) is 19.4. The average Bonchev–Trinajstić information content (AvgIpc) is 3.38. The molecule has 1 aliphatic carbocycles. The van der Waals surface area contributed by atoms with Crippen LogP contribution in [0.2, 0.25) is 0 Å². The summed E-state index contributed by atoms with van der Waals surface area (Å²) in [6, 6.07) is 10.4. The monoisotopic (exact) mass is 400 g/mol. The fourth-order valence-corrected chi connectivity index (χ4v) is 3.62. The van der Waals surface area contributed by atoms with Crippen LogP contribution >= 0.6 is 0 Å². The summed E-state index contributed by atoms with van der Waals surface area (Å²) in [6.07, 6.45) is 3.46. The fraction of sp³-hybridized carbons (Fsp3) is 0.429. The number of anilines is 1. The topological polar surface area (TPSA) is 77.8 Å². The molecule has 29 heavy (non-hydrogen) atoms. The molecule has 1 saturated carbocycles. The van der Waals surface area contributed by atoms with E-state index in [4.69, 9.17) is 4.42 Å². The van der Waals surface area contributed by atoms with Gasteiger partial charge in [-0.05, 0) is 37.1 Å². The molecule has 0 unspecified atom stereocenters. The summed E-state index contributed by atoms with van der Waals surface area (Å²) in [5.41, 5.74) is 0.603. The van der Waals surface area contributed by atoms with Gasteiger partial charge in [0.25, 0.3) is 0 Å². The highest BCUT2D eigenvalue weighted by Crippen LogP contribution is 2.25. The Labute approximate surface area is 168 Å². The summed E-state index contributed by atoms with van der Waals surface area (Å²) in [4.78, 5) is 28.2. The molecule has 1 aliphatic heterocycles. The van der Waals surface area contributed by atoms with Gasteiger partial charge in [0.15, 0.2) is 0 Å². The number of amides is 2. The van der Waals surface area contributed by atoms with Crippen LogP contribution in [0, 0.1) is 5.82 Å². The lowest BCUT2D eigenvalue weighted by Crippen LogP contribution is -2.51. The number of halogens is 1. The lowest BCUT2D eigenvalue weighted by Gasteiger charge is -2.39. The lowest BCUT2D eigenvalue weighted by molar-refractivity contribution is -0.139. The van der Waals surface area contributed by atoms with Gasteiger partial charge < -0.3 is 20.0 Å². The summed E-state index contributed by atoms with van der Waals surface area (Å²) in [7, 11) is 0. The molecular formula is C21H25FN4O3. The smallest absolute Gasteiger partial charge is 0.309 e. The Hall–Kier alpha value is -2.87. The number of rotatable bonds is 6. The standard InChI is InChI=1S/C21H25FN4O3/c22-16-4-1-2-5-17(16)25-9-11-26(12-10-25)18(19-6-3-13-29-19)14-23-20(27)21(28)24-15-7-8-15/h1-6,13,15,18H,7-12,14H2,(H,23,27)(H,24,28)/t18-/m1/s1. The number of para-hydroxylation sites is 1. The van der Waals surface area contributed by atoms with Gasteiger partial charge in [0, 0.05) is 38.8 Å². The Morgan fingerprint density at radius 2 is 1.83 bits per heavy atom. The van der Waals surface area contributed by atoms with Crippen molar-refractivity contribution in [1.29, 1.82) is 0 Å². The van der Waals surface area contributed by atoms with Crippen molar-refractivity contribution in [2.24, 2.45) is 0 Å². The second kappa shape index (κ2) is 8.65. The van der Waals surface area contributed by atoms with Crippen molar-refractivity contribution in [3.05, 3.63) is 54.2 Å². The molecule has 7 nitrogen and oxygen atoms in total. The van der Waals surface area contributed by atoms with Gasteiger partial charge in [-0.15, -0.1) is 0 Å². The Balaban J connectivity index is 1.37. The maximum Gasteiger partial charge on any atom is 0.309 e. The van der Waals surface area contributed by atoms with E-state index < -0.39 is 11.8 Å². The number of hydrogen-bond donors (Lipinski definition) is 2. The van der Waals surface area contributed by atoms with Gasteiger partial charge in [-0.2, -0.15) is 0 Å². The van der Waals surface area contributed by atoms with Gasteiger partial charge in [0.05, 0.1) is 18.0 Å². The van der Waals surface area contributed by atoms with Crippen LogP contribution in [-0.4, -0.2) is 55.5 Å². The summed E-state index contributed by atoms with van der Waals surface area (Å²) in [6.45, 7) is 2.96. The molecule has 1 saturated heterocycles.